The van der Waals surface area contributed by atoms with Crippen LogP contribution in [-0.2, 0) is 4.79 Å². The molecule has 2 aromatic carbocycles. The lowest BCUT2D eigenvalue weighted by atomic mass is 9.88. The number of methoxy groups -OCH3 is 1. The average molecular weight is 407 g/mol. The van der Waals surface area contributed by atoms with Gasteiger partial charge < -0.3 is 15.0 Å². The number of carbonyl (C=O) groups is 2. The van der Waals surface area contributed by atoms with Crippen molar-refractivity contribution in [1.82, 2.24) is 4.90 Å². The summed E-state index contributed by atoms with van der Waals surface area (Å²) in [6.45, 7) is 0.744. The van der Waals surface area contributed by atoms with E-state index in [1.807, 2.05) is 53.4 Å². The highest BCUT2D eigenvalue weighted by Gasteiger charge is 2.31. The number of likely N-dealkylation sites (tertiary alicyclic amines) is 1. The minimum Gasteiger partial charge on any atom is -0.497 e. The molecule has 0 radical (unpaired) electrons. The van der Waals surface area contributed by atoms with E-state index in [0.717, 1.165) is 56.4 Å². The van der Waals surface area contributed by atoms with Crippen LogP contribution >= 0.6 is 0 Å². The molecule has 1 atom stereocenters. The molecule has 0 spiro atoms. The van der Waals surface area contributed by atoms with Crippen LogP contribution in [-0.4, -0.2) is 30.4 Å². The first-order valence-corrected chi connectivity index (χ1v) is 11.0. The lowest BCUT2D eigenvalue weighted by Crippen LogP contribution is -2.30. The summed E-state index contributed by atoms with van der Waals surface area (Å²) in [5.74, 6) is 1.01. The van der Waals surface area contributed by atoms with Crippen molar-refractivity contribution in [3.8, 4) is 5.75 Å². The second-order valence-electron chi connectivity index (χ2n) is 8.33. The van der Waals surface area contributed by atoms with Crippen molar-refractivity contribution in [2.45, 2.75) is 51.0 Å². The van der Waals surface area contributed by atoms with Gasteiger partial charge in [-0.3, -0.25) is 9.59 Å². The van der Waals surface area contributed by atoms with Gasteiger partial charge in [0.15, 0.2) is 0 Å². The molecule has 30 heavy (non-hydrogen) atoms. The van der Waals surface area contributed by atoms with Crippen LogP contribution in [0.2, 0.25) is 0 Å². The van der Waals surface area contributed by atoms with Crippen molar-refractivity contribution >= 4 is 17.5 Å². The third kappa shape index (κ3) is 4.50. The number of benzene rings is 2. The van der Waals surface area contributed by atoms with Crippen molar-refractivity contribution in [1.29, 1.82) is 0 Å². The first-order chi connectivity index (χ1) is 14.7. The molecule has 158 valence electrons. The fourth-order valence-electron chi connectivity index (χ4n) is 4.69. The summed E-state index contributed by atoms with van der Waals surface area (Å²) >= 11 is 0. The van der Waals surface area contributed by atoms with Gasteiger partial charge in [0, 0.05) is 23.7 Å². The topological polar surface area (TPSA) is 58.6 Å². The van der Waals surface area contributed by atoms with Gasteiger partial charge in [0.2, 0.25) is 5.91 Å². The van der Waals surface area contributed by atoms with Crippen molar-refractivity contribution in [3.63, 3.8) is 0 Å². The highest BCUT2D eigenvalue weighted by Crippen LogP contribution is 2.34. The zero-order chi connectivity index (χ0) is 20.9. The Morgan fingerprint density at radius 3 is 2.47 bits per heavy atom. The summed E-state index contributed by atoms with van der Waals surface area (Å²) in [4.78, 5) is 27.8. The third-order valence-electron chi connectivity index (χ3n) is 6.37. The van der Waals surface area contributed by atoms with Crippen molar-refractivity contribution in [3.05, 3.63) is 59.7 Å². The molecule has 2 aromatic rings. The summed E-state index contributed by atoms with van der Waals surface area (Å²) in [5, 5.41) is 3.03. The van der Waals surface area contributed by atoms with E-state index in [-0.39, 0.29) is 23.8 Å². The van der Waals surface area contributed by atoms with Gasteiger partial charge in [0.1, 0.15) is 5.75 Å². The van der Waals surface area contributed by atoms with E-state index in [1.165, 1.54) is 6.42 Å². The summed E-state index contributed by atoms with van der Waals surface area (Å²) in [7, 11) is 1.65. The average Bonchev–Trinajstić information content (AvgIpc) is 3.29. The van der Waals surface area contributed by atoms with Crippen LogP contribution in [0.15, 0.2) is 48.5 Å². The van der Waals surface area contributed by atoms with Crippen molar-refractivity contribution in [2.24, 2.45) is 5.92 Å². The largest absolute Gasteiger partial charge is 0.497 e. The minimum atomic E-state index is 0.0158. The Bertz CT molecular complexity index is 888. The van der Waals surface area contributed by atoms with Gasteiger partial charge in [0.25, 0.3) is 5.91 Å². The van der Waals surface area contributed by atoms with Gasteiger partial charge in [-0.05, 0) is 61.6 Å². The summed E-state index contributed by atoms with van der Waals surface area (Å²) in [5.41, 5.74) is 2.46. The molecule has 1 saturated heterocycles. The summed E-state index contributed by atoms with van der Waals surface area (Å²) in [6, 6.07) is 15.4. The lowest BCUT2D eigenvalue weighted by Gasteiger charge is -2.26. The smallest absolute Gasteiger partial charge is 0.254 e. The monoisotopic (exact) mass is 406 g/mol. The van der Waals surface area contributed by atoms with Gasteiger partial charge in [-0.15, -0.1) is 0 Å². The molecule has 2 fully saturated rings. The Morgan fingerprint density at radius 2 is 1.73 bits per heavy atom. The first-order valence-electron chi connectivity index (χ1n) is 11.0. The Kier molecular flexibility index (Phi) is 6.36. The molecule has 1 unspecified atom stereocenters. The highest BCUT2D eigenvalue weighted by molar-refractivity contribution is 5.98. The molecule has 2 amide bonds. The Balaban J connectivity index is 1.47. The summed E-state index contributed by atoms with van der Waals surface area (Å²) in [6.07, 6.45) is 7.33. The molecule has 2 aliphatic rings. The van der Waals surface area contributed by atoms with Crippen LogP contribution in [0, 0.1) is 5.92 Å². The van der Waals surface area contributed by atoms with Gasteiger partial charge >= 0.3 is 0 Å². The van der Waals surface area contributed by atoms with Crippen LogP contribution < -0.4 is 10.1 Å². The number of amides is 2. The minimum absolute atomic E-state index is 0.0158. The molecule has 1 N–H and O–H groups in total. The Morgan fingerprint density at radius 1 is 0.967 bits per heavy atom. The molecule has 5 nitrogen and oxygen atoms in total. The second kappa shape index (κ2) is 9.33. The Labute approximate surface area is 178 Å². The zero-order valence-corrected chi connectivity index (χ0v) is 17.6. The number of nitrogens with zero attached hydrogens (tertiary/aromatic N) is 1. The maximum Gasteiger partial charge on any atom is 0.254 e. The number of ether oxygens (including phenoxy) is 1. The van der Waals surface area contributed by atoms with E-state index >= 15 is 0 Å². The first kappa shape index (κ1) is 20.5. The number of nitrogens with one attached hydrogen (secondary N) is 1. The Hall–Kier alpha value is -2.82. The molecule has 1 aliphatic carbocycles. The maximum absolute atomic E-state index is 13.3. The van der Waals surface area contributed by atoms with Crippen molar-refractivity contribution in [2.75, 3.05) is 19.0 Å². The van der Waals surface area contributed by atoms with Crippen LogP contribution in [0.3, 0.4) is 0 Å². The van der Waals surface area contributed by atoms with Crippen LogP contribution in [0.4, 0.5) is 5.69 Å². The normalized spacial score (nSPS) is 19.5. The number of hydrogen-bond acceptors (Lipinski definition) is 3. The highest BCUT2D eigenvalue weighted by atomic mass is 16.5. The number of rotatable bonds is 5. The second-order valence-corrected chi connectivity index (χ2v) is 8.33. The SMILES string of the molecule is COc1ccc(C2CCCN2C(=O)c2cccc(NC(=O)C3CCCCC3)c2)cc1. The number of anilines is 1. The fraction of sp³-hybridized carbons (Fsp3) is 0.440. The fourth-order valence-corrected chi connectivity index (χ4v) is 4.69. The molecule has 1 saturated carbocycles. The quantitative estimate of drug-likeness (QED) is 0.743. The number of hydrogen-bond donors (Lipinski definition) is 1. The predicted molar refractivity (Wildman–Crippen MR) is 118 cm³/mol. The van der Waals surface area contributed by atoms with E-state index in [4.69, 9.17) is 4.74 Å². The van der Waals surface area contributed by atoms with Gasteiger partial charge in [-0.25, -0.2) is 0 Å². The maximum atomic E-state index is 13.3. The van der Waals surface area contributed by atoms with Crippen LogP contribution in [0.5, 0.6) is 5.75 Å². The summed E-state index contributed by atoms with van der Waals surface area (Å²) < 4.78 is 5.25. The van der Waals surface area contributed by atoms with Gasteiger partial charge in [0.05, 0.1) is 13.2 Å². The van der Waals surface area contributed by atoms with E-state index in [0.29, 0.717) is 11.3 Å². The molecule has 5 heteroatoms. The molecular formula is C25H30N2O3. The third-order valence-corrected chi connectivity index (χ3v) is 6.37. The van der Waals surface area contributed by atoms with E-state index in [2.05, 4.69) is 5.32 Å². The van der Waals surface area contributed by atoms with E-state index in [1.54, 1.807) is 7.11 Å². The van der Waals surface area contributed by atoms with E-state index < -0.39 is 0 Å². The van der Waals surface area contributed by atoms with Crippen LogP contribution in [0.1, 0.15) is 66.9 Å². The molecule has 4 rings (SSSR count). The van der Waals surface area contributed by atoms with Crippen molar-refractivity contribution < 1.29 is 14.3 Å². The molecule has 0 bridgehead atoms. The van der Waals surface area contributed by atoms with Gasteiger partial charge in [-0.2, -0.15) is 0 Å². The molecular weight excluding hydrogens is 376 g/mol. The predicted octanol–water partition coefficient (Wildman–Crippen LogP) is 5.19. The lowest BCUT2D eigenvalue weighted by molar-refractivity contribution is -0.120. The molecule has 0 aromatic heterocycles. The molecule has 1 heterocycles. The standard InChI is InChI=1S/C25H30N2O3/c1-30-22-14-12-18(13-15-22)23-11-6-16-27(23)25(29)20-9-5-10-21(17-20)26-24(28)19-7-3-2-4-8-19/h5,9-10,12-15,17,19,23H,2-4,6-8,11,16H2,1H3,(H,26,28). The molecule has 1 aliphatic heterocycles. The van der Waals surface area contributed by atoms with Crippen LogP contribution in [0.25, 0.3) is 0 Å². The zero-order valence-electron chi connectivity index (χ0n) is 17.6. The van der Waals surface area contributed by atoms with E-state index in [9.17, 15) is 9.59 Å². The number of carbonyl (C=O) groups excluding carboxylic acids is 2. The van der Waals surface area contributed by atoms with Gasteiger partial charge in [-0.1, -0.05) is 37.5 Å².